The van der Waals surface area contributed by atoms with E-state index in [1.807, 2.05) is 18.2 Å². The lowest BCUT2D eigenvalue weighted by Crippen LogP contribution is -2.34. The molecule has 0 bridgehead atoms. The number of aromatic nitrogens is 2. The maximum atomic E-state index is 12.1. The Morgan fingerprint density at radius 2 is 2.38 bits per heavy atom. The van der Waals surface area contributed by atoms with E-state index in [2.05, 4.69) is 20.8 Å². The largest absolute Gasteiger partial charge is 0.383 e. The average Bonchev–Trinajstić information content (AvgIpc) is 3.18. The molecule has 0 spiro atoms. The van der Waals surface area contributed by atoms with Crippen LogP contribution >= 0.6 is 0 Å². The number of amides is 3. The van der Waals surface area contributed by atoms with Crippen LogP contribution in [0.2, 0.25) is 0 Å². The molecule has 1 saturated heterocycles. The van der Waals surface area contributed by atoms with Crippen LogP contribution in [0.25, 0.3) is 10.9 Å². The molecular formula is C16H21N5O3. The number of ether oxygens (including phenoxy) is 1. The van der Waals surface area contributed by atoms with Crippen LogP contribution in [0, 0.1) is 5.92 Å². The van der Waals surface area contributed by atoms with Gasteiger partial charge in [-0.3, -0.25) is 9.89 Å². The zero-order valence-electron chi connectivity index (χ0n) is 13.5. The molecule has 1 aromatic heterocycles. The molecule has 8 nitrogen and oxygen atoms in total. The van der Waals surface area contributed by atoms with Crippen molar-refractivity contribution in [1.82, 2.24) is 20.4 Å². The van der Waals surface area contributed by atoms with E-state index in [9.17, 15) is 9.59 Å². The summed E-state index contributed by atoms with van der Waals surface area (Å²) < 4.78 is 5.00. The molecule has 2 heterocycles. The van der Waals surface area contributed by atoms with E-state index in [-0.39, 0.29) is 17.9 Å². The Balaban J connectivity index is 1.49. The molecule has 3 N–H and O–H groups in total. The van der Waals surface area contributed by atoms with Crippen molar-refractivity contribution in [2.24, 2.45) is 5.92 Å². The van der Waals surface area contributed by atoms with Crippen molar-refractivity contribution in [3.63, 3.8) is 0 Å². The summed E-state index contributed by atoms with van der Waals surface area (Å²) in [6.45, 7) is 2.24. The zero-order chi connectivity index (χ0) is 16.9. The molecule has 0 radical (unpaired) electrons. The minimum atomic E-state index is -0.286. The second kappa shape index (κ2) is 7.31. The number of likely N-dealkylation sites (tertiary alicyclic amines) is 1. The third kappa shape index (κ3) is 3.65. The number of carbonyl (C=O) groups excluding carboxylic acids is 2. The number of urea groups is 1. The molecule has 1 fully saturated rings. The zero-order valence-corrected chi connectivity index (χ0v) is 13.5. The number of carbonyl (C=O) groups is 2. The van der Waals surface area contributed by atoms with Crippen LogP contribution in [-0.4, -0.2) is 60.4 Å². The number of anilines is 1. The molecule has 2 aromatic rings. The van der Waals surface area contributed by atoms with Crippen LogP contribution in [0.15, 0.2) is 24.4 Å². The fourth-order valence-electron chi connectivity index (χ4n) is 2.89. The fourth-order valence-corrected chi connectivity index (χ4v) is 2.89. The normalized spacial score (nSPS) is 17.5. The van der Waals surface area contributed by atoms with Crippen LogP contribution in [0.4, 0.5) is 10.5 Å². The number of hydrogen-bond acceptors (Lipinski definition) is 4. The molecule has 0 saturated carbocycles. The Labute approximate surface area is 139 Å². The molecule has 24 heavy (non-hydrogen) atoms. The Morgan fingerprint density at radius 3 is 3.21 bits per heavy atom. The van der Waals surface area contributed by atoms with Crippen LogP contribution in [0.1, 0.15) is 6.42 Å². The second-order valence-electron chi connectivity index (χ2n) is 5.87. The predicted octanol–water partition coefficient (Wildman–Crippen LogP) is 1.18. The molecular weight excluding hydrogens is 310 g/mol. The summed E-state index contributed by atoms with van der Waals surface area (Å²) in [5, 5.41) is 13.3. The van der Waals surface area contributed by atoms with E-state index in [1.165, 1.54) is 0 Å². The lowest BCUT2D eigenvalue weighted by Gasteiger charge is -2.16. The van der Waals surface area contributed by atoms with E-state index in [0.29, 0.717) is 38.3 Å². The van der Waals surface area contributed by atoms with Gasteiger partial charge in [0.05, 0.1) is 24.0 Å². The van der Waals surface area contributed by atoms with E-state index in [0.717, 1.165) is 10.9 Å². The van der Waals surface area contributed by atoms with Crippen molar-refractivity contribution in [3.05, 3.63) is 24.4 Å². The van der Waals surface area contributed by atoms with Crippen molar-refractivity contribution in [3.8, 4) is 0 Å². The first kappa shape index (κ1) is 16.3. The number of methoxy groups -OCH3 is 1. The van der Waals surface area contributed by atoms with Crippen LogP contribution in [0.5, 0.6) is 0 Å². The summed E-state index contributed by atoms with van der Waals surface area (Å²) in [6, 6.07) is 5.28. The number of benzene rings is 1. The van der Waals surface area contributed by atoms with E-state index in [4.69, 9.17) is 4.74 Å². The number of aromatic amines is 1. The molecule has 0 aliphatic carbocycles. The SMILES string of the molecule is COCCN1CC(CNC(=O)Nc2cccc3[nH]ncc23)CC1=O. The first-order valence-corrected chi connectivity index (χ1v) is 7.91. The molecule has 1 unspecified atom stereocenters. The fraction of sp³-hybridized carbons (Fsp3) is 0.438. The molecule has 1 aliphatic heterocycles. The molecule has 128 valence electrons. The quantitative estimate of drug-likeness (QED) is 0.740. The van der Waals surface area contributed by atoms with Crippen molar-refractivity contribution < 1.29 is 14.3 Å². The lowest BCUT2D eigenvalue weighted by atomic mass is 10.1. The monoisotopic (exact) mass is 331 g/mol. The van der Waals surface area contributed by atoms with Gasteiger partial charge in [0.15, 0.2) is 0 Å². The van der Waals surface area contributed by atoms with Gasteiger partial charge in [-0.2, -0.15) is 5.10 Å². The smallest absolute Gasteiger partial charge is 0.319 e. The summed E-state index contributed by atoms with van der Waals surface area (Å²) >= 11 is 0. The van der Waals surface area contributed by atoms with Gasteiger partial charge in [0.25, 0.3) is 0 Å². The van der Waals surface area contributed by atoms with Crippen LogP contribution < -0.4 is 10.6 Å². The maximum Gasteiger partial charge on any atom is 0.319 e. The van der Waals surface area contributed by atoms with Crippen molar-refractivity contribution in [2.75, 3.05) is 38.7 Å². The minimum Gasteiger partial charge on any atom is -0.383 e. The Morgan fingerprint density at radius 1 is 1.50 bits per heavy atom. The second-order valence-corrected chi connectivity index (χ2v) is 5.87. The maximum absolute atomic E-state index is 12.1. The number of H-pyrrole nitrogens is 1. The highest BCUT2D eigenvalue weighted by Crippen LogP contribution is 2.21. The Hall–Kier alpha value is -2.61. The highest BCUT2D eigenvalue weighted by Gasteiger charge is 2.29. The highest BCUT2D eigenvalue weighted by molar-refractivity contribution is 6.00. The molecule has 3 rings (SSSR count). The first-order chi connectivity index (χ1) is 11.7. The Kier molecular flexibility index (Phi) is 4.95. The summed E-state index contributed by atoms with van der Waals surface area (Å²) in [7, 11) is 1.62. The van der Waals surface area contributed by atoms with E-state index >= 15 is 0 Å². The van der Waals surface area contributed by atoms with Gasteiger partial charge in [-0.1, -0.05) is 6.07 Å². The van der Waals surface area contributed by atoms with Crippen molar-refractivity contribution >= 4 is 28.5 Å². The van der Waals surface area contributed by atoms with Gasteiger partial charge in [-0.15, -0.1) is 0 Å². The van der Waals surface area contributed by atoms with Gasteiger partial charge in [0.2, 0.25) is 5.91 Å². The van der Waals surface area contributed by atoms with E-state index < -0.39 is 0 Å². The summed E-state index contributed by atoms with van der Waals surface area (Å²) in [4.78, 5) is 25.8. The van der Waals surface area contributed by atoms with E-state index in [1.54, 1.807) is 18.2 Å². The predicted molar refractivity (Wildman–Crippen MR) is 89.7 cm³/mol. The van der Waals surface area contributed by atoms with Crippen molar-refractivity contribution in [2.45, 2.75) is 6.42 Å². The number of rotatable bonds is 6. The highest BCUT2D eigenvalue weighted by atomic mass is 16.5. The van der Waals surface area contributed by atoms with Gasteiger partial charge in [-0.05, 0) is 12.1 Å². The van der Waals surface area contributed by atoms with Gasteiger partial charge in [0, 0.05) is 44.5 Å². The third-order valence-corrected chi connectivity index (χ3v) is 4.14. The average molecular weight is 331 g/mol. The summed E-state index contributed by atoms with van der Waals surface area (Å²) in [6.07, 6.45) is 2.13. The molecule has 1 atom stereocenters. The number of fused-ring (bicyclic) bond motifs is 1. The third-order valence-electron chi connectivity index (χ3n) is 4.14. The molecule has 1 aliphatic rings. The summed E-state index contributed by atoms with van der Waals surface area (Å²) in [5.41, 5.74) is 1.56. The van der Waals surface area contributed by atoms with Crippen LogP contribution in [-0.2, 0) is 9.53 Å². The van der Waals surface area contributed by atoms with Gasteiger partial charge < -0.3 is 20.3 Å². The first-order valence-electron chi connectivity index (χ1n) is 7.91. The lowest BCUT2D eigenvalue weighted by molar-refractivity contribution is -0.128. The minimum absolute atomic E-state index is 0.113. The standard InChI is InChI=1S/C16H21N5O3/c1-24-6-5-21-10-11(7-15(21)22)8-17-16(23)19-13-3-2-4-14-12(13)9-18-20-14/h2-4,9,11H,5-8,10H2,1H3,(H,18,20)(H2,17,19,23). The topological polar surface area (TPSA) is 99.3 Å². The number of nitrogens with one attached hydrogen (secondary N) is 3. The van der Waals surface area contributed by atoms with Gasteiger partial charge >= 0.3 is 6.03 Å². The van der Waals surface area contributed by atoms with Gasteiger partial charge in [0.1, 0.15) is 0 Å². The van der Waals surface area contributed by atoms with Gasteiger partial charge in [-0.25, -0.2) is 4.79 Å². The molecule has 3 amide bonds. The van der Waals surface area contributed by atoms with Crippen molar-refractivity contribution in [1.29, 1.82) is 0 Å². The molecule has 8 heteroatoms. The summed E-state index contributed by atoms with van der Waals surface area (Å²) in [5.74, 6) is 0.243. The number of hydrogen-bond donors (Lipinski definition) is 3. The molecule has 1 aromatic carbocycles. The number of nitrogens with zero attached hydrogens (tertiary/aromatic N) is 2. The van der Waals surface area contributed by atoms with Crippen LogP contribution in [0.3, 0.4) is 0 Å². The Bertz CT molecular complexity index is 729.